The minimum Gasteiger partial charge on any atom is -0.389 e. The van der Waals surface area contributed by atoms with Crippen LogP contribution >= 0.6 is 0 Å². The molecular formula is C12H23NO. The second kappa shape index (κ2) is 4.19. The average molecular weight is 197 g/mol. The molecule has 2 fully saturated rings. The summed E-state index contributed by atoms with van der Waals surface area (Å²) in [5.74, 6) is 1.08. The van der Waals surface area contributed by atoms with E-state index in [-0.39, 0.29) is 5.60 Å². The highest BCUT2D eigenvalue weighted by Gasteiger charge is 2.44. The van der Waals surface area contributed by atoms with Crippen LogP contribution in [0.1, 0.15) is 45.4 Å². The fourth-order valence-electron chi connectivity index (χ4n) is 3.41. The highest BCUT2D eigenvalue weighted by atomic mass is 16.3. The normalized spacial score (nSPS) is 40.3. The third-order valence-corrected chi connectivity index (χ3v) is 4.35. The molecular weight excluding hydrogens is 174 g/mol. The first-order valence-corrected chi connectivity index (χ1v) is 6.20. The van der Waals surface area contributed by atoms with Crippen molar-refractivity contribution in [1.29, 1.82) is 0 Å². The van der Waals surface area contributed by atoms with E-state index in [1.54, 1.807) is 0 Å². The fourth-order valence-corrected chi connectivity index (χ4v) is 3.41. The summed E-state index contributed by atoms with van der Waals surface area (Å²) in [4.78, 5) is 0. The zero-order valence-electron chi connectivity index (χ0n) is 9.26. The first-order valence-electron chi connectivity index (χ1n) is 6.20. The van der Waals surface area contributed by atoms with Gasteiger partial charge in [-0.05, 0) is 38.1 Å². The Balaban J connectivity index is 2.08. The van der Waals surface area contributed by atoms with E-state index in [4.69, 9.17) is 0 Å². The average Bonchev–Trinajstić information content (AvgIpc) is 2.72. The van der Waals surface area contributed by atoms with Gasteiger partial charge in [-0.2, -0.15) is 0 Å². The molecule has 0 aromatic carbocycles. The minimum absolute atomic E-state index is 0.337. The summed E-state index contributed by atoms with van der Waals surface area (Å²) in [6, 6.07) is 0. The molecule has 0 bridgehead atoms. The van der Waals surface area contributed by atoms with Crippen molar-refractivity contribution in [2.75, 3.05) is 13.1 Å². The van der Waals surface area contributed by atoms with Crippen LogP contribution in [0.3, 0.4) is 0 Å². The van der Waals surface area contributed by atoms with Crippen LogP contribution in [0.2, 0.25) is 0 Å². The summed E-state index contributed by atoms with van der Waals surface area (Å²) in [6.45, 7) is 4.23. The molecule has 0 radical (unpaired) electrons. The first kappa shape index (κ1) is 10.4. The van der Waals surface area contributed by atoms with Gasteiger partial charge >= 0.3 is 0 Å². The van der Waals surface area contributed by atoms with Crippen molar-refractivity contribution < 1.29 is 5.11 Å². The summed E-state index contributed by atoms with van der Waals surface area (Å²) in [6.07, 6.45) is 7.25. The monoisotopic (exact) mass is 197 g/mol. The Morgan fingerprint density at radius 1 is 1.36 bits per heavy atom. The van der Waals surface area contributed by atoms with Crippen LogP contribution in [-0.2, 0) is 0 Å². The molecule has 1 saturated heterocycles. The van der Waals surface area contributed by atoms with Gasteiger partial charge < -0.3 is 10.4 Å². The van der Waals surface area contributed by atoms with Crippen LogP contribution in [0, 0.1) is 11.8 Å². The van der Waals surface area contributed by atoms with Crippen molar-refractivity contribution in [2.45, 2.75) is 51.0 Å². The van der Waals surface area contributed by atoms with Crippen molar-refractivity contribution in [3.8, 4) is 0 Å². The standard InChI is InChI=1S/C12H23NO/c1-2-10-9-13-8-7-12(10,14)11-5-3-4-6-11/h10-11,13-14H,2-9H2,1H3. The number of piperidine rings is 1. The maximum atomic E-state index is 10.8. The van der Waals surface area contributed by atoms with Crippen LogP contribution in [0.15, 0.2) is 0 Å². The van der Waals surface area contributed by atoms with E-state index in [9.17, 15) is 5.11 Å². The van der Waals surface area contributed by atoms with Crippen LogP contribution in [0.4, 0.5) is 0 Å². The summed E-state index contributed by atoms with van der Waals surface area (Å²) in [5.41, 5.74) is -0.337. The van der Waals surface area contributed by atoms with E-state index in [0.717, 1.165) is 25.9 Å². The van der Waals surface area contributed by atoms with E-state index < -0.39 is 0 Å². The number of aliphatic hydroxyl groups is 1. The third kappa shape index (κ3) is 1.70. The fraction of sp³-hybridized carbons (Fsp3) is 1.00. The summed E-state index contributed by atoms with van der Waals surface area (Å²) >= 11 is 0. The lowest BCUT2D eigenvalue weighted by molar-refractivity contribution is -0.0875. The Morgan fingerprint density at radius 3 is 2.71 bits per heavy atom. The molecule has 14 heavy (non-hydrogen) atoms. The molecule has 2 heteroatoms. The predicted molar refractivity (Wildman–Crippen MR) is 58.2 cm³/mol. The van der Waals surface area contributed by atoms with Crippen molar-refractivity contribution >= 4 is 0 Å². The lowest BCUT2D eigenvalue weighted by Gasteiger charge is -2.44. The quantitative estimate of drug-likeness (QED) is 0.709. The summed E-state index contributed by atoms with van der Waals surface area (Å²) < 4.78 is 0. The van der Waals surface area contributed by atoms with Crippen molar-refractivity contribution in [3.05, 3.63) is 0 Å². The van der Waals surface area contributed by atoms with E-state index in [1.165, 1.54) is 25.7 Å². The van der Waals surface area contributed by atoms with Gasteiger partial charge in [0.15, 0.2) is 0 Å². The Hall–Kier alpha value is -0.0800. The van der Waals surface area contributed by atoms with Gasteiger partial charge in [0.25, 0.3) is 0 Å². The van der Waals surface area contributed by atoms with E-state index in [2.05, 4.69) is 12.2 Å². The molecule has 2 N–H and O–H groups in total. The molecule has 1 aliphatic carbocycles. The minimum atomic E-state index is -0.337. The molecule has 2 nitrogen and oxygen atoms in total. The summed E-state index contributed by atoms with van der Waals surface area (Å²) in [7, 11) is 0. The van der Waals surface area contributed by atoms with E-state index >= 15 is 0 Å². The van der Waals surface area contributed by atoms with Gasteiger partial charge in [-0.25, -0.2) is 0 Å². The number of hydrogen-bond donors (Lipinski definition) is 2. The number of rotatable bonds is 2. The third-order valence-electron chi connectivity index (χ3n) is 4.35. The van der Waals surface area contributed by atoms with Crippen molar-refractivity contribution in [1.82, 2.24) is 5.32 Å². The van der Waals surface area contributed by atoms with Gasteiger partial charge in [-0.3, -0.25) is 0 Å². The zero-order valence-corrected chi connectivity index (χ0v) is 9.26. The smallest absolute Gasteiger partial charge is 0.0727 e. The molecule has 1 saturated carbocycles. The molecule has 0 spiro atoms. The summed E-state index contributed by atoms with van der Waals surface area (Å²) in [5, 5.41) is 14.2. The molecule has 1 aliphatic heterocycles. The molecule has 0 aromatic heterocycles. The lowest BCUT2D eigenvalue weighted by atomic mass is 9.71. The molecule has 82 valence electrons. The Morgan fingerprint density at radius 2 is 2.07 bits per heavy atom. The maximum absolute atomic E-state index is 10.8. The van der Waals surface area contributed by atoms with Gasteiger partial charge in [0, 0.05) is 12.5 Å². The number of nitrogens with one attached hydrogen (secondary N) is 1. The predicted octanol–water partition coefficient (Wildman–Crippen LogP) is 1.93. The zero-order chi connectivity index (χ0) is 10.0. The van der Waals surface area contributed by atoms with Gasteiger partial charge in [-0.15, -0.1) is 0 Å². The number of hydrogen-bond acceptors (Lipinski definition) is 2. The van der Waals surface area contributed by atoms with Gasteiger partial charge in [0.2, 0.25) is 0 Å². The SMILES string of the molecule is CCC1CNCCC1(O)C1CCCC1. The van der Waals surface area contributed by atoms with Crippen LogP contribution < -0.4 is 5.32 Å². The van der Waals surface area contributed by atoms with E-state index in [1.807, 2.05) is 0 Å². The van der Waals surface area contributed by atoms with E-state index in [0.29, 0.717) is 11.8 Å². The first-order chi connectivity index (χ1) is 6.77. The van der Waals surface area contributed by atoms with Crippen LogP contribution in [-0.4, -0.2) is 23.8 Å². The Labute approximate surface area is 87.1 Å². The molecule has 2 rings (SSSR count). The topological polar surface area (TPSA) is 32.3 Å². The molecule has 2 unspecified atom stereocenters. The molecule has 0 amide bonds. The highest BCUT2D eigenvalue weighted by molar-refractivity contribution is 4.97. The van der Waals surface area contributed by atoms with Crippen molar-refractivity contribution in [2.24, 2.45) is 11.8 Å². The second-order valence-corrected chi connectivity index (χ2v) is 5.03. The second-order valence-electron chi connectivity index (χ2n) is 5.03. The lowest BCUT2D eigenvalue weighted by Crippen LogP contribution is -2.53. The largest absolute Gasteiger partial charge is 0.389 e. The van der Waals surface area contributed by atoms with Gasteiger partial charge in [0.1, 0.15) is 0 Å². The van der Waals surface area contributed by atoms with Gasteiger partial charge in [-0.1, -0.05) is 19.8 Å². The van der Waals surface area contributed by atoms with Crippen LogP contribution in [0.25, 0.3) is 0 Å². The maximum Gasteiger partial charge on any atom is 0.0727 e. The highest BCUT2D eigenvalue weighted by Crippen LogP contribution is 2.42. The Kier molecular flexibility index (Phi) is 3.13. The van der Waals surface area contributed by atoms with Gasteiger partial charge in [0.05, 0.1) is 5.60 Å². The molecule has 1 heterocycles. The Bertz CT molecular complexity index is 185. The molecule has 2 aliphatic rings. The molecule has 2 atom stereocenters. The molecule has 0 aromatic rings. The van der Waals surface area contributed by atoms with Crippen LogP contribution in [0.5, 0.6) is 0 Å². The van der Waals surface area contributed by atoms with Crippen molar-refractivity contribution in [3.63, 3.8) is 0 Å².